The number of amides is 1. The monoisotopic (exact) mass is 323 g/mol. The van der Waals surface area contributed by atoms with Crippen LogP contribution in [0.4, 0.5) is 0 Å². The summed E-state index contributed by atoms with van der Waals surface area (Å²) >= 11 is 0. The van der Waals surface area contributed by atoms with Crippen LogP contribution in [-0.2, 0) is 14.3 Å². The average molecular weight is 323 g/mol. The molecule has 0 aromatic heterocycles. The predicted molar refractivity (Wildman–Crippen MR) is 93.3 cm³/mol. The van der Waals surface area contributed by atoms with E-state index in [1.54, 1.807) is 0 Å². The zero-order valence-electron chi connectivity index (χ0n) is 13.9. The molecule has 0 aliphatic rings. The van der Waals surface area contributed by atoms with Crippen LogP contribution in [-0.4, -0.2) is 55.1 Å². The van der Waals surface area contributed by atoms with Gasteiger partial charge in [-0.05, 0) is 6.42 Å². The Hall–Kier alpha value is -0.0600. The third kappa shape index (κ3) is 18.0. The molecule has 1 amide bonds. The molecule has 0 aromatic carbocycles. The van der Waals surface area contributed by atoms with E-state index in [0.717, 1.165) is 12.8 Å². The number of carbonyl (C=O) groups excluding carboxylic acids is 2. The van der Waals surface area contributed by atoms with Crippen molar-refractivity contribution in [1.29, 1.82) is 0 Å². The molecule has 0 heterocycles. The van der Waals surface area contributed by atoms with Crippen molar-refractivity contribution in [2.75, 3.05) is 13.7 Å². The Morgan fingerprint density at radius 2 is 1.27 bits per heavy atom. The van der Waals surface area contributed by atoms with E-state index in [9.17, 15) is 9.59 Å². The summed E-state index contributed by atoms with van der Waals surface area (Å²) in [4.78, 5) is 22.2. The van der Waals surface area contributed by atoms with Crippen molar-refractivity contribution in [2.45, 2.75) is 84.0 Å². The van der Waals surface area contributed by atoms with E-state index < -0.39 is 5.97 Å². The summed E-state index contributed by atoms with van der Waals surface area (Å²) in [6.45, 7) is 2.23. The molecule has 0 saturated heterocycles. The molecule has 0 aromatic rings. The van der Waals surface area contributed by atoms with Crippen molar-refractivity contribution >= 4 is 41.4 Å². The van der Waals surface area contributed by atoms with Gasteiger partial charge in [-0.3, -0.25) is 9.59 Å². The Kier molecular flexibility index (Phi) is 20.9. The first kappa shape index (κ1) is 24.2. The first-order valence-electron chi connectivity index (χ1n) is 8.54. The number of ether oxygens (including phenoxy) is 1. The van der Waals surface area contributed by atoms with Gasteiger partial charge < -0.3 is 10.1 Å². The van der Waals surface area contributed by atoms with Crippen LogP contribution < -0.4 is 5.32 Å². The van der Waals surface area contributed by atoms with Crippen molar-refractivity contribution in [2.24, 2.45) is 0 Å². The summed E-state index contributed by atoms with van der Waals surface area (Å²) < 4.78 is 4.46. The van der Waals surface area contributed by atoms with Gasteiger partial charge in [0.2, 0.25) is 5.91 Å². The molecule has 0 spiro atoms. The van der Waals surface area contributed by atoms with Gasteiger partial charge in [-0.2, -0.15) is 0 Å². The van der Waals surface area contributed by atoms with Crippen LogP contribution in [0.3, 0.4) is 0 Å². The van der Waals surface area contributed by atoms with Crippen molar-refractivity contribution in [1.82, 2.24) is 5.32 Å². The van der Waals surface area contributed by atoms with Crippen LogP contribution in [0, 0.1) is 0 Å². The van der Waals surface area contributed by atoms with Crippen LogP contribution >= 0.6 is 0 Å². The second-order valence-electron chi connectivity index (χ2n) is 5.64. The second kappa shape index (κ2) is 19.0. The summed E-state index contributed by atoms with van der Waals surface area (Å²) in [5.74, 6) is -0.460. The molecule has 126 valence electrons. The zero-order chi connectivity index (χ0) is 15.8. The van der Waals surface area contributed by atoms with Crippen molar-refractivity contribution in [3.63, 3.8) is 0 Å². The molecular weight excluding hydrogens is 289 g/mol. The van der Waals surface area contributed by atoms with Gasteiger partial charge in [0.15, 0.2) is 0 Å². The molecule has 0 unspecified atom stereocenters. The molecular formula is C17H34NNaO3. The maximum absolute atomic E-state index is 11.4. The molecule has 0 aliphatic carbocycles. The normalized spacial score (nSPS) is 9.91. The zero-order valence-corrected chi connectivity index (χ0v) is 13.9. The molecule has 0 bridgehead atoms. The van der Waals surface area contributed by atoms with Gasteiger partial charge in [0, 0.05) is 6.42 Å². The van der Waals surface area contributed by atoms with Gasteiger partial charge >= 0.3 is 35.5 Å². The van der Waals surface area contributed by atoms with Crippen molar-refractivity contribution < 1.29 is 14.3 Å². The molecule has 22 heavy (non-hydrogen) atoms. The van der Waals surface area contributed by atoms with Crippen molar-refractivity contribution in [3.05, 3.63) is 0 Å². The molecule has 4 nitrogen and oxygen atoms in total. The Morgan fingerprint density at radius 3 is 1.73 bits per heavy atom. The van der Waals surface area contributed by atoms with Crippen LogP contribution in [0.5, 0.6) is 0 Å². The molecule has 1 N–H and O–H groups in total. The third-order valence-electron chi connectivity index (χ3n) is 3.66. The van der Waals surface area contributed by atoms with Gasteiger partial charge in [-0.25, -0.2) is 0 Å². The maximum atomic E-state index is 11.4. The summed E-state index contributed by atoms with van der Waals surface area (Å²) in [6.07, 6.45) is 14.5. The minimum absolute atomic E-state index is 0. The van der Waals surface area contributed by atoms with E-state index in [2.05, 4.69) is 17.0 Å². The van der Waals surface area contributed by atoms with E-state index in [1.807, 2.05) is 0 Å². The molecule has 0 rings (SSSR count). The number of carbonyl (C=O) groups is 2. The SMILES string of the molecule is CCCCCCCCCCCCCC(=O)NCC(=O)OC.[NaH]. The summed E-state index contributed by atoms with van der Waals surface area (Å²) in [6, 6.07) is 0. The van der Waals surface area contributed by atoms with E-state index >= 15 is 0 Å². The van der Waals surface area contributed by atoms with Gasteiger partial charge in [0.1, 0.15) is 6.54 Å². The van der Waals surface area contributed by atoms with Crippen LogP contribution in [0.25, 0.3) is 0 Å². The van der Waals surface area contributed by atoms with E-state index in [1.165, 1.54) is 64.9 Å². The fourth-order valence-electron chi connectivity index (χ4n) is 2.28. The minimum atomic E-state index is -0.401. The number of rotatable bonds is 14. The fourth-order valence-corrected chi connectivity index (χ4v) is 2.28. The van der Waals surface area contributed by atoms with E-state index in [0.29, 0.717) is 6.42 Å². The summed E-state index contributed by atoms with van der Waals surface area (Å²) in [5.41, 5.74) is 0. The second-order valence-corrected chi connectivity index (χ2v) is 5.64. The van der Waals surface area contributed by atoms with E-state index in [-0.39, 0.29) is 42.0 Å². The molecule has 0 radical (unpaired) electrons. The molecule has 0 saturated carbocycles. The number of unbranched alkanes of at least 4 members (excludes halogenated alkanes) is 10. The van der Waals surface area contributed by atoms with Crippen LogP contribution in [0.2, 0.25) is 0 Å². The predicted octanol–water partition coefficient (Wildman–Crippen LogP) is 3.33. The van der Waals surface area contributed by atoms with Gasteiger partial charge in [0.05, 0.1) is 7.11 Å². The Bertz CT molecular complexity index is 273. The molecule has 0 atom stereocenters. The number of nitrogens with one attached hydrogen (secondary N) is 1. The topological polar surface area (TPSA) is 55.4 Å². The van der Waals surface area contributed by atoms with Crippen LogP contribution in [0.1, 0.15) is 84.0 Å². The Morgan fingerprint density at radius 1 is 0.818 bits per heavy atom. The van der Waals surface area contributed by atoms with Crippen LogP contribution in [0.15, 0.2) is 0 Å². The van der Waals surface area contributed by atoms with E-state index in [4.69, 9.17) is 0 Å². The fraction of sp³-hybridized carbons (Fsp3) is 0.882. The summed E-state index contributed by atoms with van der Waals surface area (Å²) in [7, 11) is 1.32. The van der Waals surface area contributed by atoms with Crippen molar-refractivity contribution in [3.8, 4) is 0 Å². The number of hydrogen-bond donors (Lipinski definition) is 1. The molecule has 0 fully saturated rings. The van der Waals surface area contributed by atoms with Gasteiger partial charge in [-0.1, -0.05) is 71.1 Å². The number of hydrogen-bond acceptors (Lipinski definition) is 3. The number of methoxy groups -OCH3 is 1. The van der Waals surface area contributed by atoms with Gasteiger partial charge in [-0.15, -0.1) is 0 Å². The average Bonchev–Trinajstić information content (AvgIpc) is 2.50. The van der Waals surface area contributed by atoms with Gasteiger partial charge in [0.25, 0.3) is 0 Å². The first-order chi connectivity index (χ1) is 10.2. The standard InChI is InChI=1S/C17H33NO3.Na.H/c1-3-4-5-6-7-8-9-10-11-12-13-14-16(19)18-15-17(20)21-2;;/h3-15H2,1-2H3,(H,18,19);;. The Balaban J connectivity index is 0. The number of esters is 1. The molecule has 5 heteroatoms. The Labute approximate surface area is 158 Å². The first-order valence-corrected chi connectivity index (χ1v) is 8.54. The third-order valence-corrected chi connectivity index (χ3v) is 3.66. The molecule has 0 aliphatic heterocycles. The summed E-state index contributed by atoms with van der Waals surface area (Å²) in [5, 5.41) is 2.56. The quantitative estimate of drug-likeness (QED) is 0.303.